The third kappa shape index (κ3) is 3.58. The number of nitrogens with one attached hydrogen (secondary N) is 2. The van der Waals surface area contributed by atoms with Crippen LogP contribution in [-0.2, 0) is 11.3 Å². The van der Waals surface area contributed by atoms with Crippen molar-refractivity contribution in [3.63, 3.8) is 0 Å². The molecule has 2 N–H and O–H groups in total. The molecule has 1 aromatic heterocycles. The van der Waals surface area contributed by atoms with E-state index >= 15 is 0 Å². The Morgan fingerprint density at radius 3 is 2.29 bits per heavy atom. The van der Waals surface area contributed by atoms with Crippen molar-refractivity contribution in [2.24, 2.45) is 0 Å². The number of anilines is 3. The Bertz CT molecular complexity index is 864. The minimum absolute atomic E-state index is 0.181. The highest BCUT2D eigenvalue weighted by molar-refractivity contribution is 7.80. The molecule has 2 aromatic carbocycles. The molecule has 0 amide bonds. The van der Waals surface area contributed by atoms with Gasteiger partial charge in [0.1, 0.15) is 17.2 Å². The van der Waals surface area contributed by atoms with E-state index in [1.54, 1.807) is 12.1 Å². The average Bonchev–Trinajstić information content (AvgIpc) is 2.97. The zero-order chi connectivity index (χ0) is 17.1. The molecule has 3 rings (SSSR count). The molecule has 0 saturated heterocycles. The van der Waals surface area contributed by atoms with Gasteiger partial charge < -0.3 is 19.0 Å². The van der Waals surface area contributed by atoms with Gasteiger partial charge in [0.05, 0.1) is 6.20 Å². The molecule has 1 unspecified atom stereocenters. The van der Waals surface area contributed by atoms with Crippen LogP contribution in [0.15, 0.2) is 53.1 Å². The monoisotopic (exact) mass is 350 g/mol. The summed E-state index contributed by atoms with van der Waals surface area (Å²) in [4.78, 5) is 3.86. The lowest BCUT2D eigenvalue weighted by atomic mass is 10.2. The predicted molar refractivity (Wildman–Crippen MR) is 84.1 cm³/mol. The largest absolute Gasteiger partial charge is 0.755 e. The fourth-order valence-corrected chi connectivity index (χ4v) is 2.34. The Morgan fingerprint density at radius 1 is 1.04 bits per heavy atom. The van der Waals surface area contributed by atoms with Gasteiger partial charge in [-0.3, -0.25) is 4.21 Å². The van der Waals surface area contributed by atoms with E-state index < -0.39 is 22.9 Å². The molecule has 1 heterocycles. The molecule has 3 aromatic rings. The van der Waals surface area contributed by atoms with Crippen molar-refractivity contribution < 1.29 is 22.0 Å². The van der Waals surface area contributed by atoms with E-state index in [0.717, 1.165) is 12.1 Å². The Balaban J connectivity index is 1.78. The molecule has 0 aliphatic carbocycles. The van der Waals surface area contributed by atoms with Gasteiger partial charge >= 0.3 is 0 Å². The van der Waals surface area contributed by atoms with Gasteiger partial charge in [-0.15, -0.1) is 0 Å². The third-order valence-corrected chi connectivity index (χ3v) is 3.44. The van der Waals surface area contributed by atoms with Gasteiger partial charge in [-0.25, -0.2) is 13.8 Å². The van der Waals surface area contributed by atoms with Crippen molar-refractivity contribution in [1.29, 1.82) is 0 Å². The fourth-order valence-electron chi connectivity index (χ4n) is 2.01. The summed E-state index contributed by atoms with van der Waals surface area (Å²) >= 11 is -2.40. The maximum atomic E-state index is 13.7. The summed E-state index contributed by atoms with van der Waals surface area (Å²) in [6.45, 7) is 0. The van der Waals surface area contributed by atoms with E-state index in [2.05, 4.69) is 15.0 Å². The lowest BCUT2D eigenvalue weighted by Gasteiger charge is -2.09. The van der Waals surface area contributed by atoms with Crippen LogP contribution in [0.2, 0.25) is 0 Å². The van der Waals surface area contributed by atoms with Crippen molar-refractivity contribution in [3.05, 3.63) is 60.3 Å². The van der Waals surface area contributed by atoms with Crippen LogP contribution in [0.3, 0.4) is 0 Å². The van der Waals surface area contributed by atoms with Crippen LogP contribution >= 0.6 is 0 Å². The van der Waals surface area contributed by atoms with E-state index in [4.69, 9.17) is 4.42 Å². The highest BCUT2D eigenvalue weighted by Gasteiger charge is 2.16. The molecule has 6 nitrogen and oxygen atoms in total. The zero-order valence-electron chi connectivity index (χ0n) is 12.0. The number of halogens is 2. The smallest absolute Gasteiger partial charge is 0.234 e. The van der Waals surface area contributed by atoms with E-state index in [9.17, 15) is 17.5 Å². The molecule has 1 atom stereocenters. The number of hydrogen-bond acceptors (Lipinski definition) is 5. The zero-order valence-corrected chi connectivity index (χ0v) is 12.8. The molecule has 124 valence electrons. The second-order valence-electron chi connectivity index (χ2n) is 4.67. The first kappa shape index (κ1) is 16.1. The van der Waals surface area contributed by atoms with Crippen LogP contribution in [-0.4, -0.2) is 13.7 Å². The van der Waals surface area contributed by atoms with Crippen molar-refractivity contribution in [2.75, 3.05) is 10.0 Å². The average molecular weight is 350 g/mol. The summed E-state index contributed by atoms with van der Waals surface area (Å²) in [6.07, 6.45) is 1.29. The lowest BCUT2D eigenvalue weighted by molar-refractivity contribution is 0.542. The molecule has 0 radical (unpaired) electrons. The van der Waals surface area contributed by atoms with Gasteiger partial charge in [-0.2, -0.15) is 0 Å². The lowest BCUT2D eigenvalue weighted by Crippen LogP contribution is -2.01. The number of benzene rings is 2. The quantitative estimate of drug-likeness (QED) is 0.687. The SMILES string of the molecule is O=S([O-])Nc1ccc(Nc2cnc(-c3c(F)cccc3F)o2)cc1. The molecular weight excluding hydrogens is 340 g/mol. The number of rotatable bonds is 5. The van der Waals surface area contributed by atoms with Gasteiger partial charge in [0.2, 0.25) is 11.8 Å². The fraction of sp³-hybridized carbons (Fsp3) is 0. The van der Waals surface area contributed by atoms with Gasteiger partial charge in [0.25, 0.3) is 0 Å². The topological polar surface area (TPSA) is 90.2 Å². The van der Waals surface area contributed by atoms with Crippen LogP contribution in [0.5, 0.6) is 0 Å². The van der Waals surface area contributed by atoms with E-state index in [1.807, 2.05) is 0 Å². The Kier molecular flexibility index (Phi) is 4.54. The van der Waals surface area contributed by atoms with Crippen molar-refractivity contribution >= 4 is 28.5 Å². The summed E-state index contributed by atoms with van der Waals surface area (Å²) in [6, 6.07) is 9.74. The second-order valence-corrected chi connectivity index (χ2v) is 5.34. The van der Waals surface area contributed by atoms with Crippen molar-refractivity contribution in [2.45, 2.75) is 0 Å². The minimum atomic E-state index is -2.40. The molecule has 0 aliphatic heterocycles. The Hall–Kier alpha value is -2.78. The van der Waals surface area contributed by atoms with Gasteiger partial charge in [0.15, 0.2) is 0 Å². The maximum absolute atomic E-state index is 13.7. The Morgan fingerprint density at radius 2 is 1.67 bits per heavy atom. The van der Waals surface area contributed by atoms with Gasteiger partial charge in [-0.05, 0) is 36.4 Å². The first-order valence-electron chi connectivity index (χ1n) is 6.66. The molecule has 0 spiro atoms. The normalized spacial score (nSPS) is 12.0. The molecule has 9 heteroatoms. The summed E-state index contributed by atoms with van der Waals surface area (Å²) < 4.78 is 56.0. The van der Waals surface area contributed by atoms with E-state index in [-0.39, 0.29) is 17.3 Å². The predicted octanol–water partition coefficient (Wildman–Crippen LogP) is 3.57. The van der Waals surface area contributed by atoms with Gasteiger partial charge in [-0.1, -0.05) is 6.07 Å². The first-order chi connectivity index (χ1) is 11.5. The number of aromatic nitrogens is 1. The molecule has 24 heavy (non-hydrogen) atoms. The van der Waals surface area contributed by atoms with Crippen molar-refractivity contribution in [3.8, 4) is 11.5 Å². The summed E-state index contributed by atoms with van der Waals surface area (Å²) in [5.74, 6) is -1.55. The minimum Gasteiger partial charge on any atom is -0.755 e. The first-order valence-corrected chi connectivity index (χ1v) is 7.73. The molecule has 0 bridgehead atoms. The number of nitrogens with zero attached hydrogens (tertiary/aromatic N) is 1. The summed E-state index contributed by atoms with van der Waals surface area (Å²) in [5, 5.41) is 2.86. The van der Waals surface area contributed by atoms with Crippen LogP contribution in [0, 0.1) is 11.6 Å². The van der Waals surface area contributed by atoms with Crippen LogP contribution in [0.25, 0.3) is 11.5 Å². The standard InChI is InChI=1S/C15H11F2N3O3S/c16-11-2-1-3-12(17)14(11)15-18-8-13(23-15)19-9-4-6-10(7-5-9)20-24(21)22/h1-8,19-20H,(H,21,22)/p-1. The maximum Gasteiger partial charge on any atom is 0.234 e. The number of hydrogen-bond donors (Lipinski definition) is 2. The van der Waals surface area contributed by atoms with Crippen LogP contribution < -0.4 is 10.0 Å². The molecular formula is C15H10F2N3O3S-. The van der Waals surface area contributed by atoms with Crippen LogP contribution in [0.4, 0.5) is 26.0 Å². The summed E-state index contributed by atoms with van der Waals surface area (Å²) in [5.41, 5.74) is 0.623. The molecule has 0 saturated carbocycles. The summed E-state index contributed by atoms with van der Waals surface area (Å²) in [7, 11) is 0. The third-order valence-electron chi connectivity index (χ3n) is 3.04. The van der Waals surface area contributed by atoms with Crippen LogP contribution in [0.1, 0.15) is 0 Å². The van der Waals surface area contributed by atoms with E-state index in [1.165, 1.54) is 24.4 Å². The van der Waals surface area contributed by atoms with E-state index in [0.29, 0.717) is 11.4 Å². The highest BCUT2D eigenvalue weighted by atomic mass is 32.2. The van der Waals surface area contributed by atoms with Gasteiger partial charge in [0, 0.05) is 22.6 Å². The highest BCUT2D eigenvalue weighted by Crippen LogP contribution is 2.28. The molecule has 0 aliphatic rings. The number of oxazole rings is 1. The second kappa shape index (κ2) is 6.77. The van der Waals surface area contributed by atoms with Crippen molar-refractivity contribution in [1.82, 2.24) is 4.98 Å². The molecule has 0 fully saturated rings. The Labute approximate surface area is 138 Å².